The van der Waals surface area contributed by atoms with Gasteiger partial charge in [0.1, 0.15) is 0 Å². The maximum absolute atomic E-state index is 5.90. The summed E-state index contributed by atoms with van der Waals surface area (Å²) in [4.78, 5) is 0. The smallest absolute Gasteiger partial charge is 0.183 e. The molecule has 0 aliphatic heterocycles. The Kier molecular flexibility index (Phi) is 6.20. The third-order valence-corrected chi connectivity index (χ3v) is 5.00. The van der Waals surface area contributed by atoms with Crippen LogP contribution in [0.5, 0.6) is 0 Å². The van der Waals surface area contributed by atoms with Crippen LogP contribution in [0.25, 0.3) is 0 Å². The highest BCUT2D eigenvalue weighted by Crippen LogP contribution is 2.56. The van der Waals surface area contributed by atoms with Crippen molar-refractivity contribution in [2.45, 2.75) is 19.5 Å². The Labute approximate surface area is 122 Å². The summed E-state index contributed by atoms with van der Waals surface area (Å²) in [5.41, 5.74) is 2.64. The van der Waals surface area contributed by atoms with Crippen LogP contribution in [0.3, 0.4) is 0 Å². The maximum Gasteiger partial charge on any atom is 0.183 e. The van der Waals surface area contributed by atoms with E-state index in [9.17, 15) is 0 Å². The van der Waals surface area contributed by atoms with Gasteiger partial charge in [-0.05, 0) is 25.0 Å². The van der Waals surface area contributed by atoms with Crippen LogP contribution < -0.4 is 0 Å². The Morgan fingerprint density at radius 1 is 0.750 bits per heavy atom. The molecule has 2 nitrogen and oxygen atoms in total. The van der Waals surface area contributed by atoms with Gasteiger partial charge in [-0.25, -0.2) is 0 Å². The van der Waals surface area contributed by atoms with Crippen molar-refractivity contribution in [2.75, 3.05) is 13.2 Å². The van der Waals surface area contributed by atoms with Crippen LogP contribution in [0.2, 0.25) is 0 Å². The summed E-state index contributed by atoms with van der Waals surface area (Å²) in [7, 11) is -0.977. The topological polar surface area (TPSA) is 18.5 Å². The molecule has 0 aliphatic rings. The first-order valence-corrected chi connectivity index (χ1v) is 8.26. The largest absolute Gasteiger partial charge is 0.334 e. The lowest BCUT2D eigenvalue weighted by Crippen LogP contribution is -2.04. The number of hydrogen-bond donors (Lipinski definition) is 0. The molecule has 0 saturated carbocycles. The second kappa shape index (κ2) is 8.16. The zero-order valence-corrected chi connectivity index (χ0v) is 12.9. The van der Waals surface area contributed by atoms with Crippen molar-refractivity contribution in [3.05, 3.63) is 71.8 Å². The SMILES string of the molecule is CCOP(OCC)C(c1ccccc1)c1ccccc1. The van der Waals surface area contributed by atoms with Gasteiger partial charge >= 0.3 is 0 Å². The van der Waals surface area contributed by atoms with Crippen LogP contribution in [-0.2, 0) is 9.05 Å². The molecule has 3 heteroatoms. The number of hydrogen-bond acceptors (Lipinski definition) is 2. The molecule has 2 rings (SSSR count). The quantitative estimate of drug-likeness (QED) is 0.655. The molecule has 0 N–H and O–H groups in total. The third kappa shape index (κ3) is 3.89. The molecule has 106 valence electrons. The molecule has 0 spiro atoms. The summed E-state index contributed by atoms with van der Waals surface area (Å²) >= 11 is 0. The van der Waals surface area contributed by atoms with Gasteiger partial charge in [-0.15, -0.1) is 0 Å². The van der Waals surface area contributed by atoms with Crippen LogP contribution >= 0.6 is 8.38 Å². The van der Waals surface area contributed by atoms with E-state index in [4.69, 9.17) is 9.05 Å². The summed E-state index contributed by atoms with van der Waals surface area (Å²) in [5.74, 6) is 0. The summed E-state index contributed by atoms with van der Waals surface area (Å²) < 4.78 is 11.8. The lowest BCUT2D eigenvalue weighted by atomic mass is 10.0. The summed E-state index contributed by atoms with van der Waals surface area (Å²) in [6.07, 6.45) is 0. The lowest BCUT2D eigenvalue weighted by Gasteiger charge is -2.26. The van der Waals surface area contributed by atoms with E-state index in [-0.39, 0.29) is 5.66 Å². The fourth-order valence-corrected chi connectivity index (χ4v) is 3.86. The van der Waals surface area contributed by atoms with Crippen molar-refractivity contribution in [3.8, 4) is 0 Å². The predicted octanol–water partition coefficient (Wildman–Crippen LogP) is 5.16. The zero-order valence-electron chi connectivity index (χ0n) is 12.0. The molecule has 0 aromatic heterocycles. The Hall–Kier alpha value is -1.21. The fraction of sp³-hybridized carbons (Fsp3) is 0.294. The second-order valence-electron chi connectivity index (χ2n) is 4.34. The summed E-state index contributed by atoms with van der Waals surface area (Å²) in [6.45, 7) is 5.37. The molecule has 0 aliphatic carbocycles. The highest BCUT2D eigenvalue weighted by Gasteiger charge is 2.26. The molecule has 0 radical (unpaired) electrons. The Balaban J connectivity index is 2.38. The molecule has 0 unspecified atom stereocenters. The van der Waals surface area contributed by atoms with Gasteiger partial charge in [0.2, 0.25) is 0 Å². The van der Waals surface area contributed by atoms with Gasteiger partial charge in [-0.2, -0.15) is 0 Å². The Morgan fingerprint density at radius 2 is 1.15 bits per heavy atom. The van der Waals surface area contributed by atoms with Gasteiger partial charge in [0.25, 0.3) is 0 Å². The zero-order chi connectivity index (χ0) is 14.2. The lowest BCUT2D eigenvalue weighted by molar-refractivity contribution is 0.265. The first-order chi connectivity index (χ1) is 9.86. The highest BCUT2D eigenvalue weighted by molar-refractivity contribution is 7.48. The molecule has 0 amide bonds. The van der Waals surface area contributed by atoms with E-state index in [1.165, 1.54) is 11.1 Å². The van der Waals surface area contributed by atoms with Crippen LogP contribution in [0, 0.1) is 0 Å². The molecule has 20 heavy (non-hydrogen) atoms. The van der Waals surface area contributed by atoms with Gasteiger partial charge in [0.15, 0.2) is 8.38 Å². The monoisotopic (exact) mass is 288 g/mol. The van der Waals surface area contributed by atoms with Gasteiger partial charge in [-0.1, -0.05) is 60.7 Å². The Morgan fingerprint density at radius 3 is 1.50 bits per heavy atom. The van der Waals surface area contributed by atoms with Crippen molar-refractivity contribution < 1.29 is 9.05 Å². The number of rotatable bonds is 7. The third-order valence-electron chi connectivity index (χ3n) is 2.95. The molecule has 0 saturated heterocycles. The highest BCUT2D eigenvalue weighted by atomic mass is 31.2. The Bertz CT molecular complexity index is 441. The molecule has 0 heterocycles. The van der Waals surface area contributed by atoms with Gasteiger partial charge in [-0.3, -0.25) is 0 Å². The fourth-order valence-electron chi connectivity index (χ4n) is 2.15. The van der Waals surface area contributed by atoms with Gasteiger partial charge in [0, 0.05) is 0 Å². The molecular formula is C17H21O2P. The normalized spacial score (nSPS) is 11.2. The standard InChI is InChI=1S/C17H21O2P/c1-3-18-20(19-4-2)17(15-11-7-5-8-12-15)16-13-9-6-10-14-16/h5-14,17H,3-4H2,1-2H3. The van der Waals surface area contributed by atoms with Crippen molar-refractivity contribution in [1.29, 1.82) is 0 Å². The van der Waals surface area contributed by atoms with Gasteiger partial charge < -0.3 is 9.05 Å². The molecule has 2 aromatic rings. The van der Waals surface area contributed by atoms with E-state index in [2.05, 4.69) is 48.5 Å². The first-order valence-electron chi connectivity index (χ1n) is 7.01. The predicted molar refractivity (Wildman–Crippen MR) is 84.9 cm³/mol. The van der Waals surface area contributed by atoms with Crippen LogP contribution in [0.15, 0.2) is 60.7 Å². The van der Waals surface area contributed by atoms with Crippen LogP contribution in [0.1, 0.15) is 30.6 Å². The minimum atomic E-state index is -0.977. The van der Waals surface area contributed by atoms with Crippen LogP contribution in [0.4, 0.5) is 0 Å². The van der Waals surface area contributed by atoms with E-state index < -0.39 is 8.38 Å². The van der Waals surface area contributed by atoms with E-state index in [0.29, 0.717) is 13.2 Å². The van der Waals surface area contributed by atoms with Gasteiger partial charge in [0.05, 0.1) is 18.9 Å². The van der Waals surface area contributed by atoms with E-state index in [1.54, 1.807) is 0 Å². The average molecular weight is 288 g/mol. The van der Waals surface area contributed by atoms with Crippen molar-refractivity contribution in [3.63, 3.8) is 0 Å². The molecule has 0 atom stereocenters. The first kappa shape index (κ1) is 15.2. The van der Waals surface area contributed by atoms with E-state index in [1.807, 2.05) is 26.0 Å². The van der Waals surface area contributed by atoms with E-state index in [0.717, 1.165) is 0 Å². The average Bonchev–Trinajstić information content (AvgIpc) is 2.50. The number of benzene rings is 2. The minimum Gasteiger partial charge on any atom is -0.334 e. The van der Waals surface area contributed by atoms with Crippen molar-refractivity contribution >= 4 is 8.38 Å². The van der Waals surface area contributed by atoms with E-state index >= 15 is 0 Å². The molecule has 2 aromatic carbocycles. The van der Waals surface area contributed by atoms with Crippen molar-refractivity contribution in [1.82, 2.24) is 0 Å². The van der Waals surface area contributed by atoms with Crippen molar-refractivity contribution in [2.24, 2.45) is 0 Å². The summed E-state index contributed by atoms with van der Waals surface area (Å²) in [6, 6.07) is 20.9. The maximum atomic E-state index is 5.90. The second-order valence-corrected chi connectivity index (χ2v) is 5.95. The summed E-state index contributed by atoms with van der Waals surface area (Å²) in [5, 5.41) is 0. The molecule has 0 bridgehead atoms. The molecule has 0 fully saturated rings. The minimum absolute atomic E-state index is 0.160. The molecular weight excluding hydrogens is 267 g/mol. The van der Waals surface area contributed by atoms with Crippen LogP contribution in [-0.4, -0.2) is 13.2 Å².